The normalized spacial score (nSPS) is 27.4. The second-order valence-electron chi connectivity index (χ2n) is 7.76. The first kappa shape index (κ1) is 16.9. The van der Waals surface area contributed by atoms with E-state index in [1.807, 2.05) is 30.3 Å². The fraction of sp³-hybridized carbons (Fsp3) is 0.261. The van der Waals surface area contributed by atoms with E-state index < -0.39 is 0 Å². The molecule has 4 atom stereocenters. The molecule has 2 aromatic rings. The predicted octanol–water partition coefficient (Wildman–Crippen LogP) is 3.27. The number of para-hydroxylation sites is 1. The van der Waals surface area contributed by atoms with Gasteiger partial charge in [-0.25, -0.2) is 0 Å². The Morgan fingerprint density at radius 1 is 0.893 bits per heavy atom. The second kappa shape index (κ2) is 6.16. The maximum atomic E-state index is 12.9. The predicted molar refractivity (Wildman–Crippen MR) is 106 cm³/mol. The van der Waals surface area contributed by atoms with Crippen molar-refractivity contribution < 1.29 is 14.4 Å². The van der Waals surface area contributed by atoms with Crippen LogP contribution in [0.2, 0.25) is 0 Å². The fourth-order valence-corrected chi connectivity index (χ4v) is 4.87. The molecular formula is C23H20N2O3. The van der Waals surface area contributed by atoms with Gasteiger partial charge in [0, 0.05) is 18.3 Å². The molecule has 3 aliphatic rings. The Bertz CT molecular complexity index is 966. The van der Waals surface area contributed by atoms with Crippen molar-refractivity contribution in [1.29, 1.82) is 0 Å². The van der Waals surface area contributed by atoms with Crippen molar-refractivity contribution >= 4 is 29.1 Å². The molecule has 1 saturated heterocycles. The van der Waals surface area contributed by atoms with Crippen molar-refractivity contribution in [2.24, 2.45) is 23.7 Å². The van der Waals surface area contributed by atoms with Gasteiger partial charge in [-0.15, -0.1) is 0 Å². The lowest BCUT2D eigenvalue weighted by atomic mass is 9.85. The van der Waals surface area contributed by atoms with E-state index in [1.54, 1.807) is 36.2 Å². The number of benzene rings is 2. The summed E-state index contributed by atoms with van der Waals surface area (Å²) in [7, 11) is 1.73. The van der Waals surface area contributed by atoms with E-state index in [1.165, 1.54) is 4.90 Å². The highest BCUT2D eigenvalue weighted by Crippen LogP contribution is 2.53. The van der Waals surface area contributed by atoms with Gasteiger partial charge in [0.2, 0.25) is 11.8 Å². The Labute approximate surface area is 163 Å². The van der Waals surface area contributed by atoms with E-state index in [-0.39, 0.29) is 41.4 Å². The van der Waals surface area contributed by atoms with Gasteiger partial charge in [-0.05, 0) is 54.7 Å². The van der Waals surface area contributed by atoms with Gasteiger partial charge in [0.05, 0.1) is 17.5 Å². The summed E-state index contributed by atoms with van der Waals surface area (Å²) >= 11 is 0. The number of hydrogen-bond donors (Lipinski definition) is 0. The molecule has 5 rings (SSSR count). The summed E-state index contributed by atoms with van der Waals surface area (Å²) in [6, 6.07) is 16.1. The largest absolute Gasteiger partial charge is 0.311 e. The summed E-state index contributed by atoms with van der Waals surface area (Å²) in [6.45, 7) is 0. The molecule has 2 aromatic carbocycles. The van der Waals surface area contributed by atoms with Gasteiger partial charge >= 0.3 is 0 Å². The van der Waals surface area contributed by atoms with Gasteiger partial charge in [0.25, 0.3) is 5.91 Å². The lowest BCUT2D eigenvalue weighted by Gasteiger charge is -2.19. The zero-order chi connectivity index (χ0) is 19.4. The number of nitrogens with zero attached hydrogens (tertiary/aromatic N) is 2. The van der Waals surface area contributed by atoms with Crippen LogP contribution in [0, 0.1) is 23.7 Å². The number of allylic oxidation sites excluding steroid dienone is 2. The number of imide groups is 1. The summed E-state index contributed by atoms with van der Waals surface area (Å²) in [4.78, 5) is 41.4. The highest BCUT2D eigenvalue weighted by Gasteiger charge is 2.59. The van der Waals surface area contributed by atoms with Crippen LogP contribution < -0.4 is 9.80 Å². The molecule has 3 amide bonds. The molecule has 28 heavy (non-hydrogen) atoms. The first-order valence-electron chi connectivity index (χ1n) is 9.55. The third-order valence-electron chi connectivity index (χ3n) is 6.29. The first-order valence-corrected chi connectivity index (χ1v) is 9.55. The Balaban J connectivity index is 1.38. The van der Waals surface area contributed by atoms with Gasteiger partial charge in [-0.2, -0.15) is 0 Å². The minimum atomic E-state index is -0.215. The van der Waals surface area contributed by atoms with E-state index in [9.17, 15) is 14.4 Å². The van der Waals surface area contributed by atoms with Crippen molar-refractivity contribution in [3.63, 3.8) is 0 Å². The lowest BCUT2D eigenvalue weighted by Crippen LogP contribution is -2.33. The maximum Gasteiger partial charge on any atom is 0.258 e. The van der Waals surface area contributed by atoms with Crippen LogP contribution in [0.5, 0.6) is 0 Å². The second-order valence-corrected chi connectivity index (χ2v) is 7.76. The SMILES string of the molecule is CN(C(=O)c1ccc(N2C(=O)[C@@H]3[C@H](C2=O)[C@@H]2C=C[C@H]3C2)cc1)c1ccccc1. The number of rotatable bonds is 3. The van der Waals surface area contributed by atoms with Crippen LogP contribution in [0.1, 0.15) is 16.8 Å². The highest BCUT2D eigenvalue weighted by molar-refractivity contribution is 6.23. The number of amides is 3. The Kier molecular flexibility index (Phi) is 3.72. The highest BCUT2D eigenvalue weighted by atomic mass is 16.2. The molecule has 1 aliphatic heterocycles. The topological polar surface area (TPSA) is 57.7 Å². The molecule has 5 nitrogen and oxygen atoms in total. The van der Waals surface area contributed by atoms with Crippen LogP contribution in [-0.2, 0) is 9.59 Å². The van der Waals surface area contributed by atoms with Crippen molar-refractivity contribution in [2.45, 2.75) is 6.42 Å². The molecule has 0 aromatic heterocycles. The molecule has 1 saturated carbocycles. The number of hydrogen-bond acceptors (Lipinski definition) is 3. The third-order valence-corrected chi connectivity index (χ3v) is 6.29. The molecule has 1 heterocycles. The zero-order valence-electron chi connectivity index (χ0n) is 15.5. The van der Waals surface area contributed by atoms with Crippen LogP contribution in [0.25, 0.3) is 0 Å². The average molecular weight is 372 g/mol. The maximum absolute atomic E-state index is 12.9. The minimum Gasteiger partial charge on any atom is -0.311 e. The molecule has 2 bridgehead atoms. The van der Waals surface area contributed by atoms with Crippen molar-refractivity contribution in [3.05, 3.63) is 72.3 Å². The van der Waals surface area contributed by atoms with Gasteiger partial charge in [-0.1, -0.05) is 30.4 Å². The van der Waals surface area contributed by atoms with E-state index >= 15 is 0 Å². The fourth-order valence-electron chi connectivity index (χ4n) is 4.87. The van der Waals surface area contributed by atoms with Crippen LogP contribution in [0.3, 0.4) is 0 Å². The van der Waals surface area contributed by atoms with E-state index in [0.29, 0.717) is 11.3 Å². The number of carbonyl (C=O) groups excluding carboxylic acids is 3. The zero-order valence-corrected chi connectivity index (χ0v) is 15.5. The number of carbonyl (C=O) groups is 3. The van der Waals surface area contributed by atoms with E-state index in [2.05, 4.69) is 12.2 Å². The van der Waals surface area contributed by atoms with E-state index in [4.69, 9.17) is 0 Å². The Morgan fingerprint density at radius 2 is 1.46 bits per heavy atom. The molecule has 2 aliphatic carbocycles. The third kappa shape index (κ3) is 2.35. The minimum absolute atomic E-state index is 0.104. The first-order chi connectivity index (χ1) is 13.6. The Hall–Kier alpha value is -3.21. The number of anilines is 2. The van der Waals surface area contributed by atoms with Crippen molar-refractivity contribution in [1.82, 2.24) is 0 Å². The molecule has 0 spiro atoms. The van der Waals surface area contributed by atoms with Crippen molar-refractivity contribution in [2.75, 3.05) is 16.8 Å². The van der Waals surface area contributed by atoms with Crippen LogP contribution >= 0.6 is 0 Å². The molecule has 0 radical (unpaired) electrons. The average Bonchev–Trinajstić information content (AvgIpc) is 3.41. The number of fused-ring (bicyclic) bond motifs is 5. The van der Waals surface area contributed by atoms with Crippen LogP contribution in [-0.4, -0.2) is 24.8 Å². The van der Waals surface area contributed by atoms with Crippen molar-refractivity contribution in [3.8, 4) is 0 Å². The molecule has 5 heteroatoms. The van der Waals surface area contributed by atoms with Crippen LogP contribution in [0.15, 0.2) is 66.7 Å². The quantitative estimate of drug-likeness (QED) is 0.614. The summed E-state index contributed by atoms with van der Waals surface area (Å²) in [5.41, 5.74) is 1.86. The van der Waals surface area contributed by atoms with E-state index in [0.717, 1.165) is 12.1 Å². The van der Waals surface area contributed by atoms with Gasteiger partial charge in [0.15, 0.2) is 0 Å². The van der Waals surface area contributed by atoms with Gasteiger partial charge in [-0.3, -0.25) is 19.3 Å². The van der Waals surface area contributed by atoms with Gasteiger partial charge in [0.1, 0.15) is 0 Å². The summed E-state index contributed by atoms with van der Waals surface area (Å²) < 4.78 is 0. The summed E-state index contributed by atoms with van der Waals surface area (Å²) in [5.74, 6) is -0.398. The van der Waals surface area contributed by atoms with Crippen LogP contribution in [0.4, 0.5) is 11.4 Å². The smallest absolute Gasteiger partial charge is 0.258 e. The molecule has 0 unspecified atom stereocenters. The molecule has 140 valence electrons. The molecule has 2 fully saturated rings. The molecule has 0 N–H and O–H groups in total. The summed E-state index contributed by atoms with van der Waals surface area (Å²) in [6.07, 6.45) is 5.09. The summed E-state index contributed by atoms with van der Waals surface area (Å²) in [5, 5.41) is 0. The van der Waals surface area contributed by atoms with Gasteiger partial charge < -0.3 is 4.90 Å². The monoisotopic (exact) mass is 372 g/mol. The standard InChI is InChI=1S/C23H20N2O3/c1-24(17-5-3-2-4-6-17)21(26)14-9-11-18(12-10-14)25-22(27)19-15-7-8-16(13-15)20(19)23(25)28/h2-12,15-16,19-20H,13H2,1H3/t15-,16+,19-,20+. The lowest BCUT2D eigenvalue weighted by molar-refractivity contribution is -0.123. The Morgan fingerprint density at radius 3 is 2.04 bits per heavy atom. The molecular weight excluding hydrogens is 352 g/mol.